The highest BCUT2D eigenvalue weighted by Gasteiger charge is 2.11. The van der Waals surface area contributed by atoms with Crippen molar-refractivity contribution in [2.45, 2.75) is 0 Å². The molecule has 0 saturated heterocycles. The number of nitrogens with one attached hydrogen (secondary N) is 2. The molecule has 1 amide bonds. The molecule has 0 aliphatic carbocycles. The smallest absolute Gasteiger partial charge is 0.257 e. The Morgan fingerprint density at radius 1 is 0.963 bits per heavy atom. The molecule has 4 aromatic rings. The molecule has 2 aromatic heterocycles. The largest absolute Gasteiger partial charge is 0.340 e. The molecule has 0 fully saturated rings. The molecule has 2 aromatic carbocycles. The molecule has 27 heavy (non-hydrogen) atoms. The van der Waals surface area contributed by atoms with Crippen LogP contribution in [0.25, 0.3) is 11.4 Å². The van der Waals surface area contributed by atoms with Gasteiger partial charge < -0.3 is 5.32 Å². The zero-order chi connectivity index (χ0) is 18.5. The van der Waals surface area contributed by atoms with E-state index < -0.39 is 0 Å². The van der Waals surface area contributed by atoms with E-state index in [1.54, 1.807) is 24.4 Å². The van der Waals surface area contributed by atoms with Crippen LogP contribution in [0.3, 0.4) is 0 Å². The second-order valence-electron chi connectivity index (χ2n) is 5.54. The van der Waals surface area contributed by atoms with Crippen molar-refractivity contribution in [3.63, 3.8) is 0 Å². The summed E-state index contributed by atoms with van der Waals surface area (Å²) in [6.07, 6.45) is 3.12. The molecule has 2 N–H and O–H groups in total. The SMILES string of the molecule is O=C(Nc1nc(-c2ccccc2)ns1)c1ccc(Nc2ccncn2)cc1. The first-order valence-corrected chi connectivity index (χ1v) is 8.89. The Morgan fingerprint density at radius 3 is 2.52 bits per heavy atom. The first-order valence-electron chi connectivity index (χ1n) is 8.11. The number of carbonyl (C=O) groups is 1. The maximum atomic E-state index is 12.4. The third-order valence-electron chi connectivity index (χ3n) is 3.68. The number of aromatic nitrogens is 4. The summed E-state index contributed by atoms with van der Waals surface area (Å²) in [4.78, 5) is 24.8. The molecule has 8 heteroatoms. The molecule has 0 aliphatic heterocycles. The van der Waals surface area contributed by atoms with Crippen LogP contribution in [0.2, 0.25) is 0 Å². The molecular weight excluding hydrogens is 360 g/mol. The van der Waals surface area contributed by atoms with Crippen molar-refractivity contribution in [1.82, 2.24) is 19.3 Å². The average molecular weight is 374 g/mol. The van der Waals surface area contributed by atoms with Crippen molar-refractivity contribution in [3.8, 4) is 11.4 Å². The van der Waals surface area contributed by atoms with Gasteiger partial charge >= 0.3 is 0 Å². The molecule has 0 saturated carbocycles. The lowest BCUT2D eigenvalue weighted by molar-refractivity contribution is 0.102. The predicted octanol–water partition coefficient (Wildman–Crippen LogP) is 3.99. The van der Waals surface area contributed by atoms with Gasteiger partial charge in [-0.3, -0.25) is 10.1 Å². The molecule has 0 aliphatic rings. The monoisotopic (exact) mass is 374 g/mol. The fraction of sp³-hybridized carbons (Fsp3) is 0. The number of benzene rings is 2. The number of rotatable bonds is 5. The lowest BCUT2D eigenvalue weighted by Gasteiger charge is -2.06. The number of anilines is 3. The van der Waals surface area contributed by atoms with Crippen LogP contribution in [0.1, 0.15) is 10.4 Å². The van der Waals surface area contributed by atoms with Crippen molar-refractivity contribution in [1.29, 1.82) is 0 Å². The van der Waals surface area contributed by atoms with Crippen molar-refractivity contribution in [2.24, 2.45) is 0 Å². The molecule has 0 atom stereocenters. The van der Waals surface area contributed by atoms with Crippen molar-refractivity contribution < 1.29 is 4.79 Å². The molecule has 0 unspecified atom stereocenters. The Bertz CT molecular complexity index is 1030. The topological polar surface area (TPSA) is 92.7 Å². The van der Waals surface area contributed by atoms with Gasteiger partial charge in [0.1, 0.15) is 12.1 Å². The summed E-state index contributed by atoms with van der Waals surface area (Å²) in [7, 11) is 0. The second-order valence-corrected chi connectivity index (χ2v) is 6.29. The van der Waals surface area contributed by atoms with Gasteiger partial charge in [0.05, 0.1) is 0 Å². The van der Waals surface area contributed by atoms with Crippen LogP contribution in [0, 0.1) is 0 Å². The summed E-state index contributed by atoms with van der Waals surface area (Å²) in [5.41, 5.74) is 2.27. The van der Waals surface area contributed by atoms with Gasteiger partial charge in [-0.2, -0.15) is 9.36 Å². The van der Waals surface area contributed by atoms with E-state index in [0.29, 0.717) is 22.3 Å². The molecule has 0 spiro atoms. The zero-order valence-corrected chi connectivity index (χ0v) is 14.9. The highest BCUT2D eigenvalue weighted by Crippen LogP contribution is 2.21. The number of nitrogens with zero attached hydrogens (tertiary/aromatic N) is 4. The van der Waals surface area contributed by atoms with E-state index in [4.69, 9.17) is 0 Å². The maximum Gasteiger partial charge on any atom is 0.257 e. The Balaban J connectivity index is 1.42. The van der Waals surface area contributed by atoms with Gasteiger partial charge in [0, 0.05) is 34.5 Å². The average Bonchev–Trinajstić information content (AvgIpc) is 3.18. The first kappa shape index (κ1) is 16.8. The molecule has 4 rings (SSSR count). The Hall–Kier alpha value is -3.65. The molecule has 0 bridgehead atoms. The first-order chi connectivity index (χ1) is 13.3. The van der Waals surface area contributed by atoms with Gasteiger partial charge in [0.15, 0.2) is 5.82 Å². The number of hydrogen-bond acceptors (Lipinski definition) is 7. The summed E-state index contributed by atoms with van der Waals surface area (Å²) in [5.74, 6) is 1.05. The highest BCUT2D eigenvalue weighted by atomic mass is 32.1. The van der Waals surface area contributed by atoms with Gasteiger partial charge in [-0.25, -0.2) is 9.97 Å². The number of amides is 1. The quantitative estimate of drug-likeness (QED) is 0.549. The molecule has 7 nitrogen and oxygen atoms in total. The van der Waals surface area contributed by atoms with Gasteiger partial charge in [-0.1, -0.05) is 30.3 Å². The normalized spacial score (nSPS) is 10.4. The predicted molar refractivity (Wildman–Crippen MR) is 105 cm³/mol. The molecule has 2 heterocycles. The van der Waals surface area contributed by atoms with E-state index in [0.717, 1.165) is 22.8 Å². The van der Waals surface area contributed by atoms with Gasteiger partial charge in [-0.15, -0.1) is 0 Å². The van der Waals surface area contributed by atoms with E-state index in [-0.39, 0.29) is 5.91 Å². The van der Waals surface area contributed by atoms with Gasteiger partial charge in [0.2, 0.25) is 5.13 Å². The Labute approximate surface area is 159 Å². The lowest BCUT2D eigenvalue weighted by Crippen LogP contribution is -2.11. The summed E-state index contributed by atoms with van der Waals surface area (Å²) >= 11 is 1.15. The Kier molecular flexibility index (Phi) is 4.80. The van der Waals surface area contributed by atoms with Crippen LogP contribution in [0.5, 0.6) is 0 Å². The summed E-state index contributed by atoms with van der Waals surface area (Å²) in [6, 6.07) is 18.5. The van der Waals surface area contributed by atoms with Crippen LogP contribution >= 0.6 is 11.5 Å². The molecule has 0 radical (unpaired) electrons. The molecular formula is C19H14N6OS. The van der Waals surface area contributed by atoms with Crippen molar-refractivity contribution in [2.75, 3.05) is 10.6 Å². The zero-order valence-electron chi connectivity index (χ0n) is 14.0. The molecule has 132 valence electrons. The van der Waals surface area contributed by atoms with Gasteiger partial charge in [-0.05, 0) is 30.3 Å². The van der Waals surface area contributed by atoms with E-state index >= 15 is 0 Å². The number of carbonyl (C=O) groups excluding carboxylic acids is 1. The maximum absolute atomic E-state index is 12.4. The summed E-state index contributed by atoms with van der Waals surface area (Å²) in [6.45, 7) is 0. The van der Waals surface area contributed by atoms with E-state index in [1.807, 2.05) is 42.5 Å². The Morgan fingerprint density at radius 2 is 1.78 bits per heavy atom. The second kappa shape index (κ2) is 7.71. The minimum absolute atomic E-state index is 0.237. The standard InChI is InChI=1S/C19H14N6OS/c26-18(24-19-23-17(25-27-19)13-4-2-1-3-5-13)14-6-8-15(9-7-14)22-16-10-11-20-12-21-16/h1-12H,(H,20,21,22)(H,23,24,25,26). The third kappa shape index (κ3) is 4.13. The fourth-order valence-corrected chi connectivity index (χ4v) is 2.95. The van der Waals surface area contributed by atoms with Crippen molar-refractivity contribution >= 4 is 34.1 Å². The highest BCUT2D eigenvalue weighted by molar-refractivity contribution is 7.10. The van der Waals surface area contributed by atoms with Crippen LogP contribution in [-0.4, -0.2) is 25.2 Å². The van der Waals surface area contributed by atoms with Crippen LogP contribution in [0.15, 0.2) is 73.2 Å². The van der Waals surface area contributed by atoms with Crippen LogP contribution in [-0.2, 0) is 0 Å². The van der Waals surface area contributed by atoms with Crippen molar-refractivity contribution in [3.05, 3.63) is 78.8 Å². The number of hydrogen-bond donors (Lipinski definition) is 2. The van der Waals surface area contributed by atoms with Crippen LogP contribution < -0.4 is 10.6 Å². The fourth-order valence-electron chi connectivity index (χ4n) is 2.37. The van der Waals surface area contributed by atoms with E-state index in [1.165, 1.54) is 6.33 Å². The minimum atomic E-state index is -0.237. The summed E-state index contributed by atoms with van der Waals surface area (Å²) < 4.78 is 4.29. The summed E-state index contributed by atoms with van der Waals surface area (Å²) in [5, 5.41) is 6.38. The third-order valence-corrected chi connectivity index (χ3v) is 4.31. The van der Waals surface area contributed by atoms with Gasteiger partial charge in [0.25, 0.3) is 5.91 Å². The van der Waals surface area contributed by atoms with E-state index in [9.17, 15) is 4.79 Å². The van der Waals surface area contributed by atoms with E-state index in [2.05, 4.69) is 30.0 Å². The lowest BCUT2D eigenvalue weighted by atomic mass is 10.2. The van der Waals surface area contributed by atoms with Crippen LogP contribution in [0.4, 0.5) is 16.6 Å². The minimum Gasteiger partial charge on any atom is -0.340 e.